The van der Waals surface area contributed by atoms with Gasteiger partial charge in [0.2, 0.25) is 5.91 Å². The topological polar surface area (TPSA) is 86.6 Å². The van der Waals surface area contributed by atoms with Crippen molar-refractivity contribution >= 4 is 11.9 Å². The summed E-state index contributed by atoms with van der Waals surface area (Å²) >= 11 is 0. The lowest BCUT2D eigenvalue weighted by Gasteiger charge is -2.61. The van der Waals surface area contributed by atoms with Gasteiger partial charge >= 0.3 is 5.97 Å². The standard InChI is InChI=1S/C27H45NO4/c1-16(5-10-24(30)28-17(2)25(31)32)21-8-9-22-20-7-6-18-15-19(29)11-13-26(18,3)23(20)12-14-27(21,22)4/h16-23,29H,5-15H2,1-4H3,(H,28,30)(H,31,32)/t16-,17+,18-,19-,20+,21-,22?,23+,26+,27-/m1/s1. The smallest absolute Gasteiger partial charge is 0.325 e. The lowest BCUT2D eigenvalue weighted by molar-refractivity contribution is -0.141. The summed E-state index contributed by atoms with van der Waals surface area (Å²) in [4.78, 5) is 23.2. The van der Waals surface area contributed by atoms with Gasteiger partial charge < -0.3 is 15.5 Å². The number of fused-ring (bicyclic) bond motifs is 5. The lowest BCUT2D eigenvalue weighted by Crippen LogP contribution is -2.54. The summed E-state index contributed by atoms with van der Waals surface area (Å²) in [7, 11) is 0. The van der Waals surface area contributed by atoms with Crippen LogP contribution in [0.25, 0.3) is 0 Å². The molecule has 1 unspecified atom stereocenters. The number of rotatable bonds is 6. The van der Waals surface area contributed by atoms with E-state index in [0.29, 0.717) is 35.0 Å². The molecule has 1 amide bonds. The van der Waals surface area contributed by atoms with Gasteiger partial charge in [-0.25, -0.2) is 0 Å². The summed E-state index contributed by atoms with van der Waals surface area (Å²) in [5, 5.41) is 21.9. The van der Waals surface area contributed by atoms with Crippen LogP contribution in [0.3, 0.4) is 0 Å². The molecule has 5 nitrogen and oxygen atoms in total. The molecule has 0 radical (unpaired) electrons. The maximum absolute atomic E-state index is 12.2. The average molecular weight is 448 g/mol. The van der Waals surface area contributed by atoms with Crippen LogP contribution in [0.5, 0.6) is 0 Å². The number of aliphatic carboxylic acids is 1. The number of nitrogens with one attached hydrogen (secondary N) is 1. The van der Waals surface area contributed by atoms with Crippen LogP contribution in [-0.4, -0.2) is 34.2 Å². The second-order valence-electron chi connectivity index (χ2n) is 12.5. The van der Waals surface area contributed by atoms with E-state index in [0.717, 1.165) is 37.0 Å². The molecule has 0 bridgehead atoms. The van der Waals surface area contributed by atoms with Gasteiger partial charge in [-0.2, -0.15) is 0 Å². The third-order valence-electron chi connectivity index (χ3n) is 11.0. The largest absolute Gasteiger partial charge is 0.480 e. The summed E-state index contributed by atoms with van der Waals surface area (Å²) < 4.78 is 0. The number of hydrogen-bond acceptors (Lipinski definition) is 3. The highest BCUT2D eigenvalue weighted by Gasteiger charge is 2.60. The maximum atomic E-state index is 12.2. The van der Waals surface area contributed by atoms with Gasteiger partial charge in [-0.05, 0) is 117 Å². The minimum Gasteiger partial charge on any atom is -0.480 e. The second kappa shape index (κ2) is 8.92. The highest BCUT2D eigenvalue weighted by molar-refractivity contribution is 5.83. The number of carbonyl (C=O) groups is 2. The van der Waals surface area contributed by atoms with Crippen LogP contribution in [0, 0.1) is 46.3 Å². The Hall–Kier alpha value is -1.10. The molecule has 4 saturated carbocycles. The fraction of sp³-hybridized carbons (Fsp3) is 0.926. The van der Waals surface area contributed by atoms with Gasteiger partial charge in [0.15, 0.2) is 0 Å². The summed E-state index contributed by atoms with van der Waals surface area (Å²) in [5.74, 6) is 3.21. The number of carboxylic acid groups (broad SMARTS) is 1. The van der Waals surface area contributed by atoms with E-state index >= 15 is 0 Å². The monoisotopic (exact) mass is 447 g/mol. The Morgan fingerprint density at radius 1 is 0.969 bits per heavy atom. The maximum Gasteiger partial charge on any atom is 0.325 e. The van der Waals surface area contributed by atoms with Gasteiger partial charge in [-0.1, -0.05) is 20.8 Å². The molecule has 182 valence electrons. The van der Waals surface area contributed by atoms with Gasteiger partial charge in [0.05, 0.1) is 6.10 Å². The van der Waals surface area contributed by atoms with Gasteiger partial charge in [0.25, 0.3) is 0 Å². The fourth-order valence-electron chi connectivity index (χ4n) is 9.15. The molecule has 0 aromatic rings. The van der Waals surface area contributed by atoms with Crippen LogP contribution in [0.4, 0.5) is 0 Å². The average Bonchev–Trinajstić information content (AvgIpc) is 3.09. The van der Waals surface area contributed by atoms with Crippen molar-refractivity contribution in [2.75, 3.05) is 0 Å². The van der Waals surface area contributed by atoms with Crippen molar-refractivity contribution in [3.05, 3.63) is 0 Å². The summed E-state index contributed by atoms with van der Waals surface area (Å²) in [6.07, 6.45) is 12.3. The summed E-state index contributed by atoms with van der Waals surface area (Å²) in [6.45, 7) is 8.94. The minimum absolute atomic E-state index is 0.0779. The van der Waals surface area contributed by atoms with E-state index in [1.807, 2.05) is 0 Å². The van der Waals surface area contributed by atoms with Crippen molar-refractivity contribution in [2.45, 2.75) is 110 Å². The molecule has 0 aromatic heterocycles. The molecular formula is C27H45NO4. The van der Waals surface area contributed by atoms with Crippen molar-refractivity contribution in [1.82, 2.24) is 5.32 Å². The molecule has 4 aliphatic rings. The molecule has 4 rings (SSSR count). The predicted molar refractivity (Wildman–Crippen MR) is 125 cm³/mol. The molecular weight excluding hydrogens is 402 g/mol. The van der Waals surface area contributed by atoms with E-state index in [2.05, 4.69) is 26.1 Å². The molecule has 3 N–H and O–H groups in total. The van der Waals surface area contributed by atoms with Crippen LogP contribution in [0.2, 0.25) is 0 Å². The first kappa shape index (κ1) is 24.0. The lowest BCUT2D eigenvalue weighted by atomic mass is 9.44. The Kier molecular flexibility index (Phi) is 6.70. The number of aliphatic hydroxyl groups is 1. The number of aliphatic hydroxyl groups excluding tert-OH is 1. The third-order valence-corrected chi connectivity index (χ3v) is 11.0. The number of carbonyl (C=O) groups excluding carboxylic acids is 1. The molecule has 0 saturated heterocycles. The van der Waals surface area contributed by atoms with Gasteiger partial charge in [0.1, 0.15) is 6.04 Å². The molecule has 0 aliphatic heterocycles. The predicted octanol–water partition coefficient (Wildman–Crippen LogP) is 5.01. The van der Waals surface area contributed by atoms with Crippen LogP contribution in [-0.2, 0) is 9.59 Å². The molecule has 0 heterocycles. The molecule has 0 aromatic carbocycles. The van der Waals surface area contributed by atoms with Gasteiger partial charge in [0, 0.05) is 6.42 Å². The number of hydrogen-bond donors (Lipinski definition) is 3. The SMILES string of the molecule is C[C@H](NC(=O)CC[C@@H](C)[C@H]1CCC2[C@@H]3CC[C@@H]4C[C@H](O)CC[C@]4(C)[C@H]3CC[C@@]21C)C(=O)O. The van der Waals surface area contributed by atoms with E-state index in [-0.39, 0.29) is 12.0 Å². The first-order valence-corrected chi connectivity index (χ1v) is 13.3. The second-order valence-corrected chi connectivity index (χ2v) is 12.5. The zero-order valence-electron chi connectivity index (χ0n) is 20.6. The number of carboxylic acids is 1. The Bertz CT molecular complexity index is 724. The van der Waals surface area contributed by atoms with Crippen molar-refractivity contribution in [2.24, 2.45) is 46.3 Å². The number of amides is 1. The zero-order chi connectivity index (χ0) is 23.3. The Morgan fingerprint density at radius 2 is 1.66 bits per heavy atom. The highest BCUT2D eigenvalue weighted by atomic mass is 16.4. The van der Waals surface area contributed by atoms with Crippen LogP contribution in [0.1, 0.15) is 98.3 Å². The Morgan fingerprint density at radius 3 is 2.38 bits per heavy atom. The molecule has 5 heteroatoms. The first-order chi connectivity index (χ1) is 15.1. The van der Waals surface area contributed by atoms with E-state index in [1.165, 1.54) is 51.9 Å². The van der Waals surface area contributed by atoms with Gasteiger partial charge in [-0.3, -0.25) is 9.59 Å². The fourth-order valence-corrected chi connectivity index (χ4v) is 9.15. The molecule has 32 heavy (non-hydrogen) atoms. The summed E-state index contributed by atoms with van der Waals surface area (Å²) in [5.41, 5.74) is 0.800. The van der Waals surface area contributed by atoms with Crippen LogP contribution < -0.4 is 5.32 Å². The van der Waals surface area contributed by atoms with Crippen LogP contribution >= 0.6 is 0 Å². The molecule has 10 atom stereocenters. The van der Waals surface area contributed by atoms with Crippen molar-refractivity contribution in [1.29, 1.82) is 0 Å². The molecule has 0 spiro atoms. The molecule has 4 aliphatic carbocycles. The zero-order valence-corrected chi connectivity index (χ0v) is 20.6. The Balaban J connectivity index is 1.39. The quantitative estimate of drug-likeness (QED) is 0.534. The van der Waals surface area contributed by atoms with E-state index in [9.17, 15) is 14.7 Å². The minimum atomic E-state index is -0.981. The third kappa shape index (κ3) is 4.12. The van der Waals surface area contributed by atoms with Crippen molar-refractivity contribution in [3.63, 3.8) is 0 Å². The highest BCUT2D eigenvalue weighted by Crippen LogP contribution is 2.68. The summed E-state index contributed by atoms with van der Waals surface area (Å²) in [6, 6.07) is -0.821. The molecule has 4 fully saturated rings. The van der Waals surface area contributed by atoms with E-state index in [1.54, 1.807) is 0 Å². The van der Waals surface area contributed by atoms with Crippen LogP contribution in [0.15, 0.2) is 0 Å². The van der Waals surface area contributed by atoms with Crippen molar-refractivity contribution < 1.29 is 19.8 Å². The van der Waals surface area contributed by atoms with Gasteiger partial charge in [-0.15, -0.1) is 0 Å². The first-order valence-electron chi connectivity index (χ1n) is 13.3. The Labute approximate surface area is 194 Å². The van der Waals surface area contributed by atoms with Crippen molar-refractivity contribution in [3.8, 4) is 0 Å². The van der Waals surface area contributed by atoms with E-state index < -0.39 is 12.0 Å². The van der Waals surface area contributed by atoms with E-state index in [4.69, 9.17) is 5.11 Å². The normalized spacial score (nSPS) is 45.2.